The molecule has 0 aliphatic carbocycles. The van der Waals surface area contributed by atoms with Gasteiger partial charge in [0.25, 0.3) is 0 Å². The molecule has 7 nitrogen and oxygen atoms in total. The van der Waals surface area contributed by atoms with Crippen LogP contribution in [0.15, 0.2) is 24.3 Å². The van der Waals surface area contributed by atoms with E-state index in [9.17, 15) is 9.59 Å². The fraction of sp³-hybridized carbons (Fsp3) is 0.667. The van der Waals surface area contributed by atoms with Crippen molar-refractivity contribution < 1.29 is 14.3 Å². The molecule has 7 heteroatoms. The summed E-state index contributed by atoms with van der Waals surface area (Å²) < 4.78 is 5.92. The van der Waals surface area contributed by atoms with Gasteiger partial charge in [-0.05, 0) is 50.9 Å². The number of benzene rings is 1. The molecule has 1 aliphatic heterocycles. The number of nitrogens with one attached hydrogen (secondary N) is 2. The summed E-state index contributed by atoms with van der Waals surface area (Å²) in [5.41, 5.74) is 0.667. The van der Waals surface area contributed by atoms with Gasteiger partial charge in [-0.15, -0.1) is 0 Å². The van der Waals surface area contributed by atoms with Crippen LogP contribution in [-0.4, -0.2) is 67.1 Å². The Bertz CT molecular complexity index is 681. The van der Waals surface area contributed by atoms with Gasteiger partial charge in [0.2, 0.25) is 5.91 Å². The molecule has 0 saturated carbocycles. The summed E-state index contributed by atoms with van der Waals surface area (Å²) in [6.45, 7) is 13.2. The van der Waals surface area contributed by atoms with E-state index in [1.54, 1.807) is 0 Å². The average Bonchev–Trinajstić information content (AvgIpc) is 2.79. The number of likely N-dealkylation sites (N-methyl/N-ethyl adjacent to an activating group) is 1. The van der Waals surface area contributed by atoms with Crippen molar-refractivity contribution in [1.29, 1.82) is 0 Å². The van der Waals surface area contributed by atoms with Crippen molar-refractivity contribution in [3.05, 3.63) is 24.3 Å². The van der Waals surface area contributed by atoms with Crippen LogP contribution >= 0.6 is 0 Å². The minimum Gasteiger partial charge on any atom is -0.490 e. The molecule has 0 unspecified atom stereocenters. The molecule has 0 spiro atoms. The molecule has 1 saturated heterocycles. The fourth-order valence-corrected chi connectivity index (χ4v) is 4.00. The Hall–Kier alpha value is -2.28. The number of likely N-dealkylation sites (tertiary alicyclic amines) is 1. The summed E-state index contributed by atoms with van der Waals surface area (Å²) in [6, 6.07) is 7.35. The number of amides is 3. The van der Waals surface area contributed by atoms with E-state index in [4.69, 9.17) is 4.74 Å². The minimum atomic E-state index is -0.232. The van der Waals surface area contributed by atoms with Crippen LogP contribution in [0.5, 0.6) is 5.75 Å². The summed E-state index contributed by atoms with van der Waals surface area (Å²) >= 11 is 0. The van der Waals surface area contributed by atoms with Crippen molar-refractivity contribution in [2.45, 2.75) is 59.4 Å². The average molecular weight is 433 g/mol. The van der Waals surface area contributed by atoms with E-state index in [-0.39, 0.29) is 23.9 Å². The summed E-state index contributed by atoms with van der Waals surface area (Å²) in [5.74, 6) is 1.05. The topological polar surface area (TPSA) is 73.9 Å². The minimum absolute atomic E-state index is 0.0708. The van der Waals surface area contributed by atoms with E-state index in [2.05, 4.69) is 43.2 Å². The number of rotatable bonds is 11. The first-order valence-corrected chi connectivity index (χ1v) is 11.8. The van der Waals surface area contributed by atoms with Crippen molar-refractivity contribution in [1.82, 2.24) is 15.1 Å². The van der Waals surface area contributed by atoms with Crippen molar-refractivity contribution in [2.75, 3.05) is 44.6 Å². The fourth-order valence-electron chi connectivity index (χ4n) is 4.00. The Morgan fingerprint density at radius 3 is 2.35 bits per heavy atom. The van der Waals surface area contributed by atoms with Crippen molar-refractivity contribution in [2.24, 2.45) is 5.92 Å². The highest BCUT2D eigenvalue weighted by molar-refractivity contribution is 5.91. The Morgan fingerprint density at radius 2 is 1.74 bits per heavy atom. The largest absolute Gasteiger partial charge is 0.490 e. The molecule has 174 valence electrons. The first-order chi connectivity index (χ1) is 15.0. The van der Waals surface area contributed by atoms with Gasteiger partial charge in [0.1, 0.15) is 12.4 Å². The molecule has 0 bridgehead atoms. The highest BCUT2D eigenvalue weighted by Crippen LogP contribution is 2.24. The van der Waals surface area contributed by atoms with Crippen molar-refractivity contribution in [3.63, 3.8) is 0 Å². The second-order valence-corrected chi connectivity index (χ2v) is 8.08. The highest BCUT2D eigenvalue weighted by atomic mass is 16.5. The number of hydrogen-bond donors (Lipinski definition) is 2. The van der Waals surface area contributed by atoms with Gasteiger partial charge >= 0.3 is 6.03 Å². The molecule has 2 rings (SSSR count). The first-order valence-electron chi connectivity index (χ1n) is 11.8. The van der Waals surface area contributed by atoms with Crippen LogP contribution in [0, 0.1) is 5.92 Å². The SMILES string of the molecule is CCC(CC)C(=O)N1CCC(NC(=O)Nc2ccccc2OCCN(CC)CC)CC1. The summed E-state index contributed by atoms with van der Waals surface area (Å²) in [7, 11) is 0. The Balaban J connectivity index is 1.81. The monoisotopic (exact) mass is 432 g/mol. The number of carbonyl (C=O) groups is 2. The lowest BCUT2D eigenvalue weighted by Gasteiger charge is -2.34. The first kappa shape index (κ1) is 25.0. The van der Waals surface area contributed by atoms with E-state index in [0.29, 0.717) is 31.1 Å². The van der Waals surface area contributed by atoms with E-state index in [0.717, 1.165) is 45.3 Å². The molecule has 1 aromatic rings. The van der Waals surface area contributed by atoms with Gasteiger partial charge in [0.15, 0.2) is 0 Å². The third kappa shape index (κ3) is 7.73. The van der Waals surface area contributed by atoms with Crippen molar-refractivity contribution in [3.8, 4) is 5.75 Å². The zero-order valence-electron chi connectivity index (χ0n) is 19.7. The molecule has 0 atom stereocenters. The Labute approximate surface area is 187 Å². The lowest BCUT2D eigenvalue weighted by molar-refractivity contribution is -0.136. The summed E-state index contributed by atoms with van der Waals surface area (Å²) in [5, 5.41) is 5.98. The molecule has 1 aliphatic rings. The van der Waals surface area contributed by atoms with Gasteiger partial charge in [-0.25, -0.2) is 4.79 Å². The van der Waals surface area contributed by atoms with Crippen LogP contribution in [0.2, 0.25) is 0 Å². The van der Waals surface area contributed by atoms with E-state index >= 15 is 0 Å². The molecule has 1 aromatic carbocycles. The Kier molecular flexibility index (Phi) is 10.6. The number of nitrogens with zero attached hydrogens (tertiary/aromatic N) is 2. The quantitative estimate of drug-likeness (QED) is 0.555. The predicted octanol–water partition coefficient (Wildman–Crippen LogP) is 3.96. The van der Waals surface area contributed by atoms with Crippen LogP contribution in [-0.2, 0) is 4.79 Å². The third-order valence-electron chi connectivity index (χ3n) is 6.17. The lowest BCUT2D eigenvalue weighted by atomic mass is 9.98. The molecule has 31 heavy (non-hydrogen) atoms. The maximum absolute atomic E-state index is 12.6. The van der Waals surface area contributed by atoms with Gasteiger partial charge in [-0.3, -0.25) is 4.79 Å². The summed E-state index contributed by atoms with van der Waals surface area (Å²) in [6.07, 6.45) is 3.32. The van der Waals surface area contributed by atoms with E-state index in [1.165, 1.54) is 0 Å². The number of anilines is 1. The smallest absolute Gasteiger partial charge is 0.319 e. The second kappa shape index (κ2) is 13.2. The van der Waals surface area contributed by atoms with Crippen LogP contribution in [0.3, 0.4) is 0 Å². The lowest BCUT2D eigenvalue weighted by Crippen LogP contribution is -2.48. The Morgan fingerprint density at radius 1 is 1.10 bits per heavy atom. The molecule has 0 aromatic heterocycles. The summed E-state index contributed by atoms with van der Waals surface area (Å²) in [4.78, 5) is 29.3. The van der Waals surface area contributed by atoms with Crippen LogP contribution in [0.4, 0.5) is 10.5 Å². The van der Waals surface area contributed by atoms with Gasteiger partial charge in [0, 0.05) is 31.6 Å². The zero-order valence-corrected chi connectivity index (χ0v) is 19.7. The molecule has 2 N–H and O–H groups in total. The highest BCUT2D eigenvalue weighted by Gasteiger charge is 2.27. The normalized spacial score (nSPS) is 14.7. The van der Waals surface area contributed by atoms with Crippen LogP contribution < -0.4 is 15.4 Å². The molecule has 1 fully saturated rings. The standard InChI is InChI=1S/C24H40N4O3/c1-5-19(6-2)23(29)28-15-13-20(14-16-28)25-24(30)26-21-11-9-10-12-22(21)31-18-17-27(7-3)8-4/h9-12,19-20H,5-8,13-18H2,1-4H3,(H2,25,26,30). The number of urea groups is 1. The van der Waals surface area contributed by atoms with Crippen molar-refractivity contribution >= 4 is 17.6 Å². The molecule has 0 radical (unpaired) electrons. The number of piperidine rings is 1. The van der Waals surface area contributed by atoms with Crippen LogP contribution in [0.25, 0.3) is 0 Å². The van der Waals surface area contributed by atoms with E-state index in [1.807, 2.05) is 29.2 Å². The van der Waals surface area contributed by atoms with Gasteiger partial charge in [0.05, 0.1) is 5.69 Å². The van der Waals surface area contributed by atoms with Gasteiger partial charge in [-0.2, -0.15) is 0 Å². The predicted molar refractivity (Wildman–Crippen MR) is 126 cm³/mol. The number of hydrogen-bond acceptors (Lipinski definition) is 4. The maximum atomic E-state index is 12.6. The molecule has 3 amide bonds. The van der Waals surface area contributed by atoms with E-state index < -0.39 is 0 Å². The van der Waals surface area contributed by atoms with Gasteiger partial charge in [-0.1, -0.05) is 39.8 Å². The second-order valence-electron chi connectivity index (χ2n) is 8.08. The zero-order chi connectivity index (χ0) is 22.6. The molecular weight excluding hydrogens is 392 g/mol. The number of carbonyl (C=O) groups excluding carboxylic acids is 2. The molecular formula is C24H40N4O3. The third-order valence-corrected chi connectivity index (χ3v) is 6.17. The number of ether oxygens (including phenoxy) is 1. The van der Waals surface area contributed by atoms with Gasteiger partial charge < -0.3 is 25.2 Å². The molecule has 1 heterocycles. The number of para-hydroxylation sites is 2. The van der Waals surface area contributed by atoms with Crippen LogP contribution in [0.1, 0.15) is 53.4 Å². The maximum Gasteiger partial charge on any atom is 0.319 e.